The summed E-state index contributed by atoms with van der Waals surface area (Å²) in [6.45, 7) is 9.03. The molecular weight excluding hydrogens is 356 g/mol. The molecule has 0 N–H and O–H groups in total. The van der Waals surface area contributed by atoms with E-state index in [1.54, 1.807) is 32.4 Å². The van der Waals surface area contributed by atoms with Gasteiger partial charge in [-0.1, -0.05) is 20.8 Å². The fourth-order valence-corrected chi connectivity index (χ4v) is 3.14. The number of benzene rings is 1. The SMILES string of the molecule is COc1cc(OC)cc(C(=O)N2CCN(c3ccnc(C(C)(C)C)n3)CC2)c1. The zero-order valence-electron chi connectivity index (χ0n) is 17.2. The molecule has 1 saturated heterocycles. The standard InChI is InChI=1S/C21H28N4O3/c1-21(2,3)20-22-7-6-18(23-20)24-8-10-25(11-9-24)19(26)15-12-16(27-4)14-17(13-15)28-5/h6-7,12-14H,8-11H2,1-5H3. The number of rotatable bonds is 4. The lowest BCUT2D eigenvalue weighted by molar-refractivity contribution is 0.0745. The first-order valence-electron chi connectivity index (χ1n) is 9.42. The van der Waals surface area contributed by atoms with Crippen molar-refractivity contribution in [2.75, 3.05) is 45.3 Å². The van der Waals surface area contributed by atoms with Gasteiger partial charge in [-0.15, -0.1) is 0 Å². The first-order valence-corrected chi connectivity index (χ1v) is 9.42. The molecule has 1 amide bonds. The van der Waals surface area contributed by atoms with Crippen molar-refractivity contribution in [3.63, 3.8) is 0 Å². The van der Waals surface area contributed by atoms with Crippen LogP contribution in [-0.2, 0) is 5.41 Å². The lowest BCUT2D eigenvalue weighted by Crippen LogP contribution is -2.49. The van der Waals surface area contributed by atoms with Crippen molar-refractivity contribution in [3.8, 4) is 11.5 Å². The number of ether oxygens (including phenoxy) is 2. The molecule has 1 aliphatic heterocycles. The van der Waals surface area contributed by atoms with Crippen molar-refractivity contribution in [3.05, 3.63) is 41.9 Å². The molecular formula is C21H28N4O3. The minimum Gasteiger partial charge on any atom is -0.497 e. The zero-order chi connectivity index (χ0) is 20.3. The number of nitrogens with zero attached hydrogens (tertiary/aromatic N) is 4. The Labute approximate surface area is 166 Å². The third kappa shape index (κ3) is 4.35. The molecule has 1 aromatic carbocycles. The van der Waals surface area contributed by atoms with Gasteiger partial charge in [0.25, 0.3) is 5.91 Å². The van der Waals surface area contributed by atoms with E-state index in [0.717, 1.165) is 24.7 Å². The summed E-state index contributed by atoms with van der Waals surface area (Å²) in [7, 11) is 3.16. The average Bonchev–Trinajstić information content (AvgIpc) is 2.72. The minimum atomic E-state index is -0.0980. The molecule has 0 bridgehead atoms. The fraction of sp³-hybridized carbons (Fsp3) is 0.476. The Balaban J connectivity index is 1.70. The van der Waals surface area contributed by atoms with Gasteiger partial charge in [0.15, 0.2) is 0 Å². The third-order valence-corrected chi connectivity index (χ3v) is 4.80. The molecule has 3 rings (SSSR count). The molecule has 0 unspecified atom stereocenters. The van der Waals surface area contributed by atoms with Crippen molar-refractivity contribution in [1.29, 1.82) is 0 Å². The summed E-state index contributed by atoms with van der Waals surface area (Å²) in [4.78, 5) is 26.1. The highest BCUT2D eigenvalue weighted by Gasteiger charge is 2.25. The van der Waals surface area contributed by atoms with Gasteiger partial charge in [0.1, 0.15) is 23.1 Å². The normalized spacial score (nSPS) is 14.8. The first-order chi connectivity index (χ1) is 13.3. The number of amides is 1. The molecule has 150 valence electrons. The van der Waals surface area contributed by atoms with Crippen molar-refractivity contribution < 1.29 is 14.3 Å². The topological polar surface area (TPSA) is 67.8 Å². The molecule has 0 aliphatic carbocycles. The molecule has 1 aliphatic rings. The lowest BCUT2D eigenvalue weighted by atomic mass is 9.96. The molecule has 2 aromatic rings. The molecule has 7 nitrogen and oxygen atoms in total. The Morgan fingerprint density at radius 2 is 1.61 bits per heavy atom. The highest BCUT2D eigenvalue weighted by Crippen LogP contribution is 2.25. The molecule has 1 aromatic heterocycles. The number of hydrogen-bond donors (Lipinski definition) is 0. The van der Waals surface area contributed by atoms with Crippen LogP contribution >= 0.6 is 0 Å². The summed E-state index contributed by atoms with van der Waals surface area (Å²) in [5.41, 5.74) is 0.473. The van der Waals surface area contributed by atoms with Crippen LogP contribution in [0.1, 0.15) is 37.0 Å². The predicted octanol–water partition coefficient (Wildman–Crippen LogP) is 2.75. The summed E-state index contributed by atoms with van der Waals surface area (Å²) >= 11 is 0. The monoisotopic (exact) mass is 384 g/mol. The van der Waals surface area contributed by atoms with Gasteiger partial charge in [-0.25, -0.2) is 9.97 Å². The highest BCUT2D eigenvalue weighted by molar-refractivity contribution is 5.95. The van der Waals surface area contributed by atoms with E-state index in [0.29, 0.717) is 30.2 Å². The summed E-state index contributed by atoms with van der Waals surface area (Å²) in [6, 6.07) is 7.19. The van der Waals surface area contributed by atoms with E-state index in [-0.39, 0.29) is 11.3 Å². The third-order valence-electron chi connectivity index (χ3n) is 4.80. The number of aromatic nitrogens is 2. The van der Waals surface area contributed by atoms with E-state index in [4.69, 9.17) is 14.5 Å². The van der Waals surface area contributed by atoms with Crippen LogP contribution in [0, 0.1) is 0 Å². The number of carbonyl (C=O) groups is 1. The van der Waals surface area contributed by atoms with Crippen LogP contribution in [0.4, 0.5) is 5.82 Å². The number of hydrogen-bond acceptors (Lipinski definition) is 6. The van der Waals surface area contributed by atoms with E-state index in [1.165, 1.54) is 0 Å². The Kier molecular flexibility index (Phi) is 5.72. The van der Waals surface area contributed by atoms with Gasteiger partial charge in [0.2, 0.25) is 0 Å². The molecule has 7 heteroatoms. The minimum absolute atomic E-state index is 0.0186. The van der Waals surface area contributed by atoms with Gasteiger partial charge >= 0.3 is 0 Å². The van der Waals surface area contributed by atoms with Crippen molar-refractivity contribution in [2.45, 2.75) is 26.2 Å². The summed E-state index contributed by atoms with van der Waals surface area (Å²) in [5, 5.41) is 0. The van der Waals surface area contributed by atoms with Crippen LogP contribution in [0.15, 0.2) is 30.5 Å². The maximum absolute atomic E-state index is 12.9. The Morgan fingerprint density at radius 1 is 1.00 bits per heavy atom. The van der Waals surface area contributed by atoms with E-state index < -0.39 is 0 Å². The van der Waals surface area contributed by atoms with Gasteiger partial charge in [-0.3, -0.25) is 4.79 Å². The van der Waals surface area contributed by atoms with Crippen LogP contribution in [0.5, 0.6) is 11.5 Å². The van der Waals surface area contributed by atoms with Gasteiger partial charge in [-0.05, 0) is 18.2 Å². The van der Waals surface area contributed by atoms with Crippen LogP contribution in [0.2, 0.25) is 0 Å². The Bertz CT molecular complexity index is 818. The predicted molar refractivity (Wildman–Crippen MR) is 108 cm³/mol. The van der Waals surface area contributed by atoms with Crippen LogP contribution in [-0.4, -0.2) is 61.2 Å². The van der Waals surface area contributed by atoms with Crippen LogP contribution in [0.25, 0.3) is 0 Å². The first kappa shape index (κ1) is 19.9. The fourth-order valence-electron chi connectivity index (χ4n) is 3.14. The Morgan fingerprint density at radius 3 is 2.14 bits per heavy atom. The van der Waals surface area contributed by atoms with E-state index in [2.05, 4.69) is 30.7 Å². The second kappa shape index (κ2) is 8.04. The number of carbonyl (C=O) groups excluding carboxylic acids is 1. The maximum atomic E-state index is 12.9. The lowest BCUT2D eigenvalue weighted by Gasteiger charge is -2.35. The van der Waals surface area contributed by atoms with Crippen molar-refractivity contribution >= 4 is 11.7 Å². The average molecular weight is 384 g/mol. The van der Waals surface area contributed by atoms with Gasteiger partial charge < -0.3 is 19.3 Å². The molecule has 2 heterocycles. The maximum Gasteiger partial charge on any atom is 0.254 e. The number of methoxy groups -OCH3 is 2. The van der Waals surface area contributed by atoms with E-state index in [1.807, 2.05) is 17.2 Å². The molecule has 28 heavy (non-hydrogen) atoms. The quantitative estimate of drug-likeness (QED) is 0.807. The molecule has 0 atom stereocenters. The molecule has 0 spiro atoms. The van der Waals surface area contributed by atoms with Crippen LogP contribution in [0.3, 0.4) is 0 Å². The van der Waals surface area contributed by atoms with Gasteiger partial charge in [-0.2, -0.15) is 0 Å². The molecule has 0 radical (unpaired) electrons. The second-order valence-corrected chi connectivity index (χ2v) is 7.87. The van der Waals surface area contributed by atoms with Gasteiger partial charge in [0.05, 0.1) is 14.2 Å². The smallest absolute Gasteiger partial charge is 0.254 e. The largest absolute Gasteiger partial charge is 0.497 e. The number of anilines is 1. The zero-order valence-corrected chi connectivity index (χ0v) is 17.2. The molecule has 1 fully saturated rings. The summed E-state index contributed by atoms with van der Waals surface area (Å²) < 4.78 is 10.6. The summed E-state index contributed by atoms with van der Waals surface area (Å²) in [6.07, 6.45) is 1.81. The highest BCUT2D eigenvalue weighted by atomic mass is 16.5. The Hall–Kier alpha value is -2.83. The van der Waals surface area contributed by atoms with Crippen molar-refractivity contribution in [1.82, 2.24) is 14.9 Å². The summed E-state index contributed by atoms with van der Waals surface area (Å²) in [5.74, 6) is 2.94. The van der Waals surface area contributed by atoms with E-state index in [9.17, 15) is 4.79 Å². The molecule has 0 saturated carbocycles. The van der Waals surface area contributed by atoms with Gasteiger partial charge in [0, 0.05) is 49.4 Å². The van der Waals surface area contributed by atoms with Crippen LogP contribution < -0.4 is 14.4 Å². The second-order valence-electron chi connectivity index (χ2n) is 7.87. The number of piperazine rings is 1. The van der Waals surface area contributed by atoms with E-state index >= 15 is 0 Å². The van der Waals surface area contributed by atoms with Crippen molar-refractivity contribution in [2.24, 2.45) is 0 Å².